The number of allylic oxidation sites excluding steroid dienone is 3. The van der Waals surface area contributed by atoms with Gasteiger partial charge in [0.1, 0.15) is 0 Å². The summed E-state index contributed by atoms with van der Waals surface area (Å²) in [6, 6.07) is 0. The molecule has 1 rings (SSSR count). The minimum Gasteiger partial charge on any atom is -0.413 e. The van der Waals surface area contributed by atoms with Gasteiger partial charge in [-0.1, -0.05) is 26.8 Å². The summed E-state index contributed by atoms with van der Waals surface area (Å²) in [5.41, 5.74) is 4.45. The van der Waals surface area contributed by atoms with Crippen LogP contribution in [-0.2, 0) is 13.7 Å². The topological polar surface area (TPSA) is 53.7 Å². The molecule has 4 nitrogen and oxygen atoms in total. The van der Waals surface area contributed by atoms with Crippen LogP contribution in [0, 0.1) is 0 Å². The lowest BCUT2D eigenvalue weighted by Gasteiger charge is -2.36. The third kappa shape index (κ3) is 6.02. The third-order valence-electron chi connectivity index (χ3n) is 6.42. The second-order valence-corrected chi connectivity index (χ2v) is 15.0. The van der Waals surface area contributed by atoms with Crippen molar-refractivity contribution in [3.63, 3.8) is 0 Å². The molecule has 0 amide bonds. The van der Waals surface area contributed by atoms with E-state index in [0.717, 1.165) is 12.2 Å². The molecule has 0 unspecified atom stereocenters. The molecule has 1 aliphatic heterocycles. The van der Waals surface area contributed by atoms with E-state index in [-0.39, 0.29) is 11.6 Å². The lowest BCUT2D eigenvalue weighted by molar-refractivity contribution is -0.0883. The van der Waals surface area contributed by atoms with Crippen molar-refractivity contribution in [2.75, 3.05) is 6.61 Å². The van der Waals surface area contributed by atoms with E-state index in [1.54, 1.807) is 0 Å². The maximum absolute atomic E-state index is 13.5. The van der Waals surface area contributed by atoms with Crippen molar-refractivity contribution in [3.8, 4) is 0 Å². The van der Waals surface area contributed by atoms with Gasteiger partial charge in [-0.2, -0.15) is 13.2 Å². The molecular formula is C21H37BF3NO3Si. The summed E-state index contributed by atoms with van der Waals surface area (Å²) >= 11 is 0. The molecule has 0 bridgehead atoms. The molecule has 172 valence electrons. The molecule has 2 N–H and O–H groups in total. The van der Waals surface area contributed by atoms with Gasteiger partial charge in [0.25, 0.3) is 0 Å². The van der Waals surface area contributed by atoms with Crippen LogP contribution in [0.15, 0.2) is 35.0 Å². The first-order valence-electron chi connectivity index (χ1n) is 10.1. The lowest BCUT2D eigenvalue weighted by Crippen LogP contribution is -2.41. The molecule has 9 heteroatoms. The van der Waals surface area contributed by atoms with E-state index >= 15 is 0 Å². The van der Waals surface area contributed by atoms with E-state index in [0.29, 0.717) is 11.0 Å². The van der Waals surface area contributed by atoms with Crippen LogP contribution in [0.4, 0.5) is 13.2 Å². The highest BCUT2D eigenvalue weighted by Crippen LogP contribution is 2.41. The Bertz CT molecular complexity index is 704. The molecule has 1 heterocycles. The lowest BCUT2D eigenvalue weighted by atomic mass is 9.74. The van der Waals surface area contributed by atoms with Gasteiger partial charge in [0.05, 0.1) is 23.4 Å². The van der Waals surface area contributed by atoms with Crippen molar-refractivity contribution in [2.24, 2.45) is 5.73 Å². The van der Waals surface area contributed by atoms with Crippen LogP contribution in [0.3, 0.4) is 0 Å². The van der Waals surface area contributed by atoms with Gasteiger partial charge < -0.3 is 19.5 Å². The third-order valence-corrected chi connectivity index (χ3v) is 10.9. The molecule has 1 aliphatic rings. The van der Waals surface area contributed by atoms with Crippen LogP contribution in [0.1, 0.15) is 55.4 Å². The van der Waals surface area contributed by atoms with Crippen molar-refractivity contribution < 1.29 is 26.9 Å². The van der Waals surface area contributed by atoms with E-state index in [1.165, 1.54) is 13.1 Å². The van der Waals surface area contributed by atoms with Gasteiger partial charge in [0.2, 0.25) is 0 Å². The summed E-state index contributed by atoms with van der Waals surface area (Å²) in [6.07, 6.45) is -1.12. The predicted octanol–water partition coefficient (Wildman–Crippen LogP) is 5.92. The molecule has 30 heavy (non-hydrogen) atoms. The first-order valence-corrected chi connectivity index (χ1v) is 13.1. The Morgan fingerprint density at radius 3 is 1.87 bits per heavy atom. The highest BCUT2D eigenvalue weighted by Gasteiger charge is 2.53. The number of rotatable bonds is 6. The monoisotopic (exact) mass is 447 g/mol. The fourth-order valence-corrected chi connectivity index (χ4v) is 3.46. The van der Waals surface area contributed by atoms with Crippen molar-refractivity contribution in [1.29, 1.82) is 0 Å². The first-order chi connectivity index (χ1) is 13.3. The molecule has 1 fully saturated rings. The minimum absolute atomic E-state index is 0.0168. The van der Waals surface area contributed by atoms with Crippen LogP contribution in [0.25, 0.3) is 0 Å². The Morgan fingerprint density at radius 1 is 1.07 bits per heavy atom. The zero-order valence-corrected chi connectivity index (χ0v) is 21.0. The molecule has 0 spiro atoms. The van der Waals surface area contributed by atoms with Crippen LogP contribution in [-0.4, -0.2) is 39.4 Å². The van der Waals surface area contributed by atoms with Crippen LogP contribution in [0.5, 0.6) is 0 Å². The van der Waals surface area contributed by atoms with Gasteiger partial charge >= 0.3 is 13.3 Å². The zero-order chi connectivity index (χ0) is 23.8. The number of hydrogen-bond donors (Lipinski definition) is 1. The van der Waals surface area contributed by atoms with E-state index in [2.05, 4.69) is 20.8 Å². The Kier molecular flexibility index (Phi) is 7.96. The summed E-state index contributed by atoms with van der Waals surface area (Å²) in [6.45, 7) is 19.2. The number of nitrogens with two attached hydrogens (primary N) is 1. The van der Waals surface area contributed by atoms with E-state index in [4.69, 9.17) is 19.5 Å². The fraction of sp³-hybridized carbons (Fsp3) is 0.714. The molecule has 0 radical (unpaired) electrons. The quantitative estimate of drug-likeness (QED) is 0.406. The van der Waals surface area contributed by atoms with E-state index in [1.807, 2.05) is 40.8 Å². The Hall–Kier alpha value is -1.03. The second-order valence-electron chi connectivity index (χ2n) is 10.2. The average Bonchev–Trinajstić information content (AvgIpc) is 2.75. The molecule has 0 aliphatic carbocycles. The van der Waals surface area contributed by atoms with Crippen LogP contribution in [0.2, 0.25) is 18.1 Å². The van der Waals surface area contributed by atoms with Crippen LogP contribution < -0.4 is 5.73 Å². The normalized spacial score (nSPS) is 21.4. The number of alkyl halides is 3. The van der Waals surface area contributed by atoms with Crippen molar-refractivity contribution in [2.45, 2.75) is 90.9 Å². The molecular weight excluding hydrogens is 410 g/mol. The second kappa shape index (κ2) is 8.84. The van der Waals surface area contributed by atoms with Crippen molar-refractivity contribution in [1.82, 2.24) is 0 Å². The summed E-state index contributed by atoms with van der Waals surface area (Å²) < 4.78 is 58.7. The maximum atomic E-state index is 13.5. The van der Waals surface area contributed by atoms with Gasteiger partial charge in [0, 0.05) is 5.47 Å². The largest absolute Gasteiger partial charge is 0.496 e. The zero-order valence-electron chi connectivity index (χ0n) is 20.0. The SMILES string of the molecule is C\C=C(/C=C(CO[Si](C)(C)C(C)(C)C)\C(=C/N)B1OC(C)(C)C(C)(C)O1)C(F)(F)F. The van der Waals surface area contributed by atoms with Gasteiger partial charge in [-0.15, -0.1) is 0 Å². The number of halogens is 3. The first kappa shape index (κ1) is 27.0. The molecule has 1 saturated heterocycles. The summed E-state index contributed by atoms with van der Waals surface area (Å²) in [7, 11) is -3.11. The predicted molar refractivity (Wildman–Crippen MR) is 119 cm³/mol. The average molecular weight is 447 g/mol. The standard InChI is InChI=1S/C21H37BF3NO3Si/c1-11-16(21(23,24)25)12-15(14-27-30(9,10)18(2,3)4)17(13-26)22-28-19(5,6)20(7,8)29-22/h11-13H,14,26H2,1-10H3/b15-12-,16-11+,17-13+. The van der Waals surface area contributed by atoms with Gasteiger partial charge in [-0.05, 0) is 70.6 Å². The summed E-state index contributed by atoms with van der Waals surface area (Å²) in [4.78, 5) is 0. The smallest absolute Gasteiger partial charge is 0.413 e. The molecule has 0 saturated carbocycles. The van der Waals surface area contributed by atoms with Crippen LogP contribution >= 0.6 is 0 Å². The fourth-order valence-electron chi connectivity index (χ4n) is 2.51. The van der Waals surface area contributed by atoms with Gasteiger partial charge in [0.15, 0.2) is 8.32 Å². The van der Waals surface area contributed by atoms with E-state index < -0.39 is 38.4 Å². The Balaban J connectivity index is 3.39. The van der Waals surface area contributed by atoms with Crippen molar-refractivity contribution in [3.05, 3.63) is 35.0 Å². The molecule has 0 aromatic heterocycles. The van der Waals surface area contributed by atoms with Crippen molar-refractivity contribution >= 4 is 15.4 Å². The Labute approximate surface area is 181 Å². The Morgan fingerprint density at radius 2 is 1.53 bits per heavy atom. The number of hydrogen-bond acceptors (Lipinski definition) is 4. The van der Waals surface area contributed by atoms with Gasteiger partial charge in [-0.25, -0.2) is 0 Å². The summed E-state index contributed by atoms with van der Waals surface area (Å²) in [5.74, 6) is 0. The maximum Gasteiger partial charge on any atom is 0.496 e. The highest BCUT2D eigenvalue weighted by molar-refractivity contribution is 6.74. The molecule has 0 aromatic rings. The molecule has 0 aromatic carbocycles. The van der Waals surface area contributed by atoms with Gasteiger partial charge in [-0.3, -0.25) is 0 Å². The molecule has 0 atom stereocenters. The highest BCUT2D eigenvalue weighted by atomic mass is 28.4. The summed E-state index contributed by atoms with van der Waals surface area (Å²) in [5, 5.41) is -0.0947. The minimum atomic E-state index is -4.49. The van der Waals surface area contributed by atoms with E-state index in [9.17, 15) is 13.2 Å².